The molecule has 2 rings (SSSR count). The topological polar surface area (TPSA) is 36.4 Å². The van der Waals surface area contributed by atoms with Crippen molar-refractivity contribution in [3.63, 3.8) is 0 Å². The number of nitrogens with zero attached hydrogens (tertiary/aromatic N) is 3. The molecule has 1 saturated heterocycles. The summed E-state index contributed by atoms with van der Waals surface area (Å²) in [6, 6.07) is 4.03. The van der Waals surface area contributed by atoms with Crippen LogP contribution >= 0.6 is 0 Å². The molecule has 19 heavy (non-hydrogen) atoms. The van der Waals surface area contributed by atoms with Gasteiger partial charge in [0.15, 0.2) is 0 Å². The molecule has 0 saturated carbocycles. The lowest BCUT2D eigenvalue weighted by atomic mass is 10.2. The van der Waals surface area contributed by atoms with Gasteiger partial charge in [0.05, 0.1) is 0 Å². The summed E-state index contributed by atoms with van der Waals surface area (Å²) in [5.74, 6) is 0.177. The molecular weight excluding hydrogens is 238 g/mol. The highest BCUT2D eigenvalue weighted by molar-refractivity contribution is 5.92. The van der Waals surface area contributed by atoms with Crippen LogP contribution in [-0.2, 0) is 4.79 Å². The van der Waals surface area contributed by atoms with Crippen molar-refractivity contribution >= 4 is 11.6 Å². The summed E-state index contributed by atoms with van der Waals surface area (Å²) < 4.78 is 0. The van der Waals surface area contributed by atoms with Crippen molar-refractivity contribution in [1.82, 2.24) is 9.88 Å². The van der Waals surface area contributed by atoms with E-state index in [2.05, 4.69) is 16.8 Å². The van der Waals surface area contributed by atoms with E-state index in [4.69, 9.17) is 0 Å². The summed E-state index contributed by atoms with van der Waals surface area (Å²) in [5.41, 5.74) is 2.04. The van der Waals surface area contributed by atoms with Gasteiger partial charge in [0.1, 0.15) is 0 Å². The highest BCUT2D eigenvalue weighted by atomic mass is 16.2. The molecule has 4 heteroatoms. The average molecular weight is 259 g/mol. The maximum absolute atomic E-state index is 12.2. The lowest BCUT2D eigenvalue weighted by molar-refractivity contribution is -0.127. The van der Waals surface area contributed by atoms with Gasteiger partial charge in [0, 0.05) is 49.8 Å². The van der Waals surface area contributed by atoms with E-state index in [1.807, 2.05) is 30.0 Å². The zero-order chi connectivity index (χ0) is 13.7. The Labute approximate surface area is 114 Å². The van der Waals surface area contributed by atoms with Crippen LogP contribution in [0.15, 0.2) is 36.2 Å². The number of carbonyl (C=O) groups is 1. The molecule has 102 valence electrons. The second kappa shape index (κ2) is 6.36. The molecule has 1 aromatic heterocycles. The van der Waals surface area contributed by atoms with Crippen molar-refractivity contribution in [3.8, 4) is 0 Å². The molecule has 4 nitrogen and oxygen atoms in total. The summed E-state index contributed by atoms with van der Waals surface area (Å²) in [7, 11) is 0. The lowest BCUT2D eigenvalue weighted by Crippen LogP contribution is -2.49. The monoisotopic (exact) mass is 259 g/mol. The first-order chi connectivity index (χ1) is 9.22. The van der Waals surface area contributed by atoms with Gasteiger partial charge in [-0.2, -0.15) is 0 Å². The minimum absolute atomic E-state index is 0.177. The molecule has 0 bridgehead atoms. The van der Waals surface area contributed by atoms with E-state index >= 15 is 0 Å². The van der Waals surface area contributed by atoms with E-state index in [-0.39, 0.29) is 5.91 Å². The van der Waals surface area contributed by atoms with E-state index in [0.29, 0.717) is 0 Å². The van der Waals surface area contributed by atoms with Crippen LogP contribution in [0.5, 0.6) is 0 Å². The van der Waals surface area contributed by atoms with E-state index in [1.165, 1.54) is 5.69 Å². The number of hydrogen-bond acceptors (Lipinski definition) is 3. The number of anilines is 1. The Morgan fingerprint density at radius 2 is 1.89 bits per heavy atom. The highest BCUT2D eigenvalue weighted by Gasteiger charge is 2.21. The van der Waals surface area contributed by atoms with Crippen molar-refractivity contribution < 1.29 is 4.79 Å². The number of hydrogen-bond donors (Lipinski definition) is 0. The predicted octanol–water partition coefficient (Wildman–Crippen LogP) is 2.09. The van der Waals surface area contributed by atoms with Crippen molar-refractivity contribution in [2.45, 2.75) is 20.3 Å². The highest BCUT2D eigenvalue weighted by Crippen LogP contribution is 2.15. The molecule has 0 radical (unpaired) electrons. The first-order valence-corrected chi connectivity index (χ1v) is 6.83. The molecule has 2 heterocycles. The largest absolute Gasteiger partial charge is 0.368 e. The fourth-order valence-corrected chi connectivity index (χ4v) is 2.37. The minimum Gasteiger partial charge on any atom is -0.368 e. The zero-order valence-electron chi connectivity index (χ0n) is 11.7. The third kappa shape index (κ3) is 3.34. The van der Waals surface area contributed by atoms with Gasteiger partial charge in [-0.05, 0) is 25.5 Å². The van der Waals surface area contributed by atoms with Gasteiger partial charge in [-0.25, -0.2) is 0 Å². The third-order valence-corrected chi connectivity index (χ3v) is 3.44. The SMILES string of the molecule is CCC=C(C)C(=O)N1CCN(c2ccncc2)CC1. The van der Waals surface area contributed by atoms with Crippen LogP contribution in [-0.4, -0.2) is 42.0 Å². The number of amides is 1. The number of carbonyl (C=O) groups excluding carboxylic acids is 1. The van der Waals surface area contributed by atoms with Crippen molar-refractivity contribution in [1.29, 1.82) is 0 Å². The van der Waals surface area contributed by atoms with Gasteiger partial charge in [0.25, 0.3) is 0 Å². The first kappa shape index (κ1) is 13.6. The number of piperazine rings is 1. The number of rotatable bonds is 3. The summed E-state index contributed by atoms with van der Waals surface area (Å²) in [5, 5.41) is 0. The Kier molecular flexibility index (Phi) is 4.55. The molecule has 1 amide bonds. The molecule has 1 fully saturated rings. The fraction of sp³-hybridized carbons (Fsp3) is 0.467. The second-order valence-corrected chi connectivity index (χ2v) is 4.78. The van der Waals surface area contributed by atoms with Crippen LogP contribution in [0.25, 0.3) is 0 Å². The Hall–Kier alpha value is -1.84. The van der Waals surface area contributed by atoms with Gasteiger partial charge in [-0.15, -0.1) is 0 Å². The van der Waals surface area contributed by atoms with Crippen molar-refractivity contribution in [2.75, 3.05) is 31.1 Å². The van der Waals surface area contributed by atoms with Gasteiger partial charge in [-0.1, -0.05) is 13.0 Å². The molecule has 0 aliphatic carbocycles. The maximum Gasteiger partial charge on any atom is 0.249 e. The van der Waals surface area contributed by atoms with E-state index in [1.54, 1.807) is 12.4 Å². The van der Waals surface area contributed by atoms with E-state index in [9.17, 15) is 4.79 Å². The number of aromatic nitrogens is 1. The molecule has 0 spiro atoms. The van der Waals surface area contributed by atoms with Crippen LogP contribution < -0.4 is 4.90 Å². The smallest absolute Gasteiger partial charge is 0.249 e. The Morgan fingerprint density at radius 3 is 2.47 bits per heavy atom. The predicted molar refractivity (Wildman–Crippen MR) is 77.1 cm³/mol. The molecule has 0 aromatic carbocycles. The zero-order valence-corrected chi connectivity index (χ0v) is 11.7. The van der Waals surface area contributed by atoms with Crippen LogP contribution in [0, 0.1) is 0 Å². The van der Waals surface area contributed by atoms with Crippen molar-refractivity contribution in [2.24, 2.45) is 0 Å². The minimum atomic E-state index is 0.177. The van der Waals surface area contributed by atoms with Gasteiger partial charge in [-0.3, -0.25) is 9.78 Å². The Bertz CT molecular complexity index is 448. The molecular formula is C15H21N3O. The normalized spacial score (nSPS) is 16.6. The van der Waals surface area contributed by atoms with E-state index in [0.717, 1.165) is 38.2 Å². The Morgan fingerprint density at radius 1 is 1.26 bits per heavy atom. The van der Waals surface area contributed by atoms with Gasteiger partial charge >= 0.3 is 0 Å². The summed E-state index contributed by atoms with van der Waals surface area (Å²) >= 11 is 0. The van der Waals surface area contributed by atoms with Gasteiger partial charge < -0.3 is 9.80 Å². The summed E-state index contributed by atoms with van der Waals surface area (Å²) in [6.45, 7) is 7.30. The number of pyridine rings is 1. The molecule has 1 aliphatic heterocycles. The molecule has 0 unspecified atom stereocenters. The van der Waals surface area contributed by atoms with Crippen LogP contribution in [0.2, 0.25) is 0 Å². The molecule has 0 atom stereocenters. The molecule has 1 aromatic rings. The van der Waals surface area contributed by atoms with E-state index < -0.39 is 0 Å². The summed E-state index contributed by atoms with van der Waals surface area (Å²) in [6.07, 6.45) is 6.52. The van der Waals surface area contributed by atoms with Crippen LogP contribution in [0.4, 0.5) is 5.69 Å². The van der Waals surface area contributed by atoms with Crippen LogP contribution in [0.1, 0.15) is 20.3 Å². The second-order valence-electron chi connectivity index (χ2n) is 4.78. The quantitative estimate of drug-likeness (QED) is 0.780. The number of allylic oxidation sites excluding steroid dienone is 1. The standard InChI is InChI=1S/C15H21N3O/c1-3-4-13(2)15(19)18-11-9-17(10-12-18)14-5-7-16-8-6-14/h4-8H,3,9-12H2,1-2H3. The average Bonchev–Trinajstić information content (AvgIpc) is 2.48. The van der Waals surface area contributed by atoms with Crippen LogP contribution in [0.3, 0.4) is 0 Å². The third-order valence-electron chi connectivity index (χ3n) is 3.44. The first-order valence-electron chi connectivity index (χ1n) is 6.83. The fourth-order valence-electron chi connectivity index (χ4n) is 2.37. The van der Waals surface area contributed by atoms with Gasteiger partial charge in [0.2, 0.25) is 5.91 Å². The summed E-state index contributed by atoms with van der Waals surface area (Å²) in [4.78, 5) is 20.4. The lowest BCUT2D eigenvalue weighted by Gasteiger charge is -2.36. The molecule has 1 aliphatic rings. The molecule has 0 N–H and O–H groups in total. The Balaban J connectivity index is 1.93. The van der Waals surface area contributed by atoms with Crippen molar-refractivity contribution in [3.05, 3.63) is 36.2 Å². The maximum atomic E-state index is 12.2.